The second kappa shape index (κ2) is 16.1. The maximum absolute atomic E-state index is 13.4. The van der Waals surface area contributed by atoms with Gasteiger partial charge in [0, 0.05) is 86.3 Å². The van der Waals surface area contributed by atoms with Crippen molar-refractivity contribution in [3.63, 3.8) is 0 Å². The molecule has 12 heteroatoms. The largest absolute Gasteiger partial charge is 0.289 e. The van der Waals surface area contributed by atoms with Gasteiger partial charge in [-0.25, -0.2) is 8.78 Å². The van der Waals surface area contributed by atoms with Crippen molar-refractivity contribution in [2.75, 3.05) is 0 Å². The molecule has 8 aromatic rings. The summed E-state index contributed by atoms with van der Waals surface area (Å²) in [5.74, 6) is -1.39. The lowest BCUT2D eigenvalue weighted by atomic mass is 9.97. The molecule has 0 saturated carbocycles. The van der Waals surface area contributed by atoms with Crippen molar-refractivity contribution < 1.29 is 18.4 Å². The number of amides is 2. The average Bonchev–Trinajstić information content (AvgIpc) is 4.03. The highest BCUT2D eigenvalue weighted by Gasteiger charge is 2.39. The highest BCUT2D eigenvalue weighted by molar-refractivity contribution is 6.23. The molecule has 0 radical (unpaired) electrons. The molecule has 0 bridgehead atoms. The van der Waals surface area contributed by atoms with Crippen LogP contribution in [0.25, 0.3) is 44.8 Å². The zero-order valence-corrected chi connectivity index (χ0v) is 32.8. The number of aryl methyl sites for hydroxylation is 2. The fourth-order valence-corrected chi connectivity index (χ4v) is 7.89. The molecule has 0 saturated heterocycles. The van der Waals surface area contributed by atoms with Crippen LogP contribution in [0.15, 0.2) is 146 Å². The third-order valence-electron chi connectivity index (χ3n) is 10.7. The van der Waals surface area contributed by atoms with Crippen LogP contribution in [-0.2, 0) is 40.3 Å². The molecule has 2 aliphatic heterocycles. The van der Waals surface area contributed by atoms with Gasteiger partial charge in [-0.3, -0.25) is 38.7 Å². The molecule has 4 aromatic carbocycles. The van der Waals surface area contributed by atoms with Gasteiger partial charge in [0.1, 0.15) is 28.7 Å². The van der Waals surface area contributed by atoms with E-state index in [-0.39, 0.29) is 35.3 Å². The number of fused-ring (bicyclic) bond motifs is 2. The number of halogens is 2. The Morgan fingerprint density at radius 1 is 0.533 bits per heavy atom. The molecule has 0 N–H and O–H groups in total. The first-order valence-corrected chi connectivity index (χ1v) is 19.4. The molecule has 0 aliphatic carbocycles. The van der Waals surface area contributed by atoms with Crippen molar-refractivity contribution in [1.29, 1.82) is 0 Å². The van der Waals surface area contributed by atoms with Gasteiger partial charge in [0.2, 0.25) is 0 Å². The van der Waals surface area contributed by atoms with Crippen LogP contribution in [0.5, 0.6) is 0 Å². The van der Waals surface area contributed by atoms with Crippen LogP contribution in [-0.4, -0.2) is 51.1 Å². The van der Waals surface area contributed by atoms with Gasteiger partial charge in [-0.2, -0.15) is 10.2 Å². The summed E-state index contributed by atoms with van der Waals surface area (Å²) in [4.78, 5) is 38.7. The minimum Gasteiger partial charge on any atom is -0.289 e. The first kappa shape index (κ1) is 38.1. The molecule has 0 spiro atoms. The number of carbonyl (C=O) groups excluding carboxylic acids is 2. The van der Waals surface area contributed by atoms with Crippen molar-refractivity contribution in [2.24, 2.45) is 14.1 Å². The molecule has 2 amide bonds. The Balaban J connectivity index is 0.000000154. The Labute approximate surface area is 345 Å². The predicted octanol–water partition coefficient (Wildman–Crippen LogP) is 8.89. The summed E-state index contributed by atoms with van der Waals surface area (Å²) in [5, 5.41) is 9.17. The fourth-order valence-electron chi connectivity index (χ4n) is 7.89. The summed E-state index contributed by atoms with van der Waals surface area (Å²) in [6, 6.07) is 36.1. The van der Waals surface area contributed by atoms with Gasteiger partial charge in [0.25, 0.3) is 11.8 Å². The first-order chi connectivity index (χ1) is 29.2. The van der Waals surface area contributed by atoms with Crippen LogP contribution in [0, 0.1) is 11.6 Å². The highest BCUT2D eigenvalue weighted by Crippen LogP contribution is 2.39. The lowest BCUT2D eigenvalue weighted by molar-refractivity contribution is 0.0640. The smallest absolute Gasteiger partial charge is 0.280 e. The van der Waals surface area contributed by atoms with Crippen LogP contribution in [0.4, 0.5) is 8.78 Å². The normalized spacial score (nSPS) is 13.3. The number of benzene rings is 4. The molecular weight excluding hydrogens is 759 g/mol. The minimum absolute atomic E-state index is 0.132. The maximum atomic E-state index is 13.4. The maximum Gasteiger partial charge on any atom is 0.280 e. The number of rotatable bonds is 8. The number of pyridine rings is 2. The topological polar surface area (TPSA) is 102 Å². The van der Waals surface area contributed by atoms with Crippen LogP contribution in [0.3, 0.4) is 0 Å². The zero-order chi connectivity index (χ0) is 41.3. The van der Waals surface area contributed by atoms with Crippen LogP contribution < -0.4 is 0 Å². The molecule has 0 atom stereocenters. The molecule has 296 valence electrons. The molecule has 2 aliphatic rings. The van der Waals surface area contributed by atoms with E-state index in [9.17, 15) is 18.4 Å². The van der Waals surface area contributed by atoms with E-state index < -0.39 is 5.91 Å². The third-order valence-corrected chi connectivity index (χ3v) is 10.7. The van der Waals surface area contributed by atoms with Crippen molar-refractivity contribution in [2.45, 2.75) is 26.2 Å². The summed E-state index contributed by atoms with van der Waals surface area (Å²) in [5.41, 5.74) is 11.5. The quantitative estimate of drug-likeness (QED) is 0.142. The van der Waals surface area contributed by atoms with Gasteiger partial charge in [0.05, 0.1) is 17.8 Å². The predicted molar refractivity (Wildman–Crippen MR) is 224 cm³/mol. The number of nitrogens with zero attached hydrogens (tertiary/aromatic N) is 8. The summed E-state index contributed by atoms with van der Waals surface area (Å²) in [7, 11) is 3.69. The molecule has 4 aromatic heterocycles. The summed E-state index contributed by atoms with van der Waals surface area (Å²) in [6.45, 7) is 2.76. The Kier molecular flexibility index (Phi) is 10.2. The fraction of sp³-hybridized carbons (Fsp3) is 0.125. The first-order valence-electron chi connectivity index (χ1n) is 19.4. The minimum atomic E-state index is -0.419. The molecule has 10 rings (SSSR count). The van der Waals surface area contributed by atoms with Crippen LogP contribution in [0.2, 0.25) is 0 Å². The lowest BCUT2D eigenvalue weighted by Gasteiger charge is -2.14. The van der Waals surface area contributed by atoms with E-state index in [4.69, 9.17) is 0 Å². The van der Waals surface area contributed by atoms with Gasteiger partial charge in [-0.15, -0.1) is 0 Å². The van der Waals surface area contributed by atoms with E-state index in [0.29, 0.717) is 22.4 Å². The molecule has 10 nitrogen and oxygen atoms in total. The summed E-state index contributed by atoms with van der Waals surface area (Å²) >= 11 is 0. The SMILES string of the molecule is Cn1cc(-c2ccnc3c2C(=O)N(Cc2ccccc2)C3=O)c(-c2ccc(F)cc2)n1.Cn1cc(-c2ccnc3c2CN(Cc2ccccc2)C3)c(-c2ccc(F)cc2)n1. The summed E-state index contributed by atoms with van der Waals surface area (Å²) < 4.78 is 30.2. The van der Waals surface area contributed by atoms with Crippen LogP contribution >= 0.6 is 0 Å². The molecular formula is C48H38F2N8O2. The third kappa shape index (κ3) is 7.51. The Hall–Kier alpha value is -7.44. The van der Waals surface area contributed by atoms with Crippen molar-refractivity contribution in [1.82, 2.24) is 39.3 Å². The lowest BCUT2D eigenvalue weighted by Crippen LogP contribution is -2.29. The van der Waals surface area contributed by atoms with Crippen molar-refractivity contribution >= 4 is 11.8 Å². The highest BCUT2D eigenvalue weighted by atomic mass is 19.1. The van der Waals surface area contributed by atoms with Gasteiger partial charge in [-0.1, -0.05) is 60.7 Å². The molecule has 60 heavy (non-hydrogen) atoms. The van der Waals surface area contributed by atoms with E-state index in [1.54, 1.807) is 48.3 Å². The molecule has 0 unspecified atom stereocenters. The second-order valence-corrected chi connectivity index (χ2v) is 14.8. The van der Waals surface area contributed by atoms with E-state index in [1.807, 2.05) is 60.5 Å². The Bertz CT molecular complexity index is 2860. The van der Waals surface area contributed by atoms with Gasteiger partial charge in [0.15, 0.2) is 0 Å². The van der Waals surface area contributed by atoms with E-state index in [1.165, 1.54) is 46.5 Å². The van der Waals surface area contributed by atoms with E-state index in [2.05, 4.69) is 55.4 Å². The second-order valence-electron chi connectivity index (χ2n) is 14.8. The van der Waals surface area contributed by atoms with E-state index in [0.717, 1.165) is 53.3 Å². The van der Waals surface area contributed by atoms with Gasteiger partial charge in [-0.05, 0) is 82.9 Å². The number of hydrogen-bond acceptors (Lipinski definition) is 7. The van der Waals surface area contributed by atoms with Gasteiger partial charge >= 0.3 is 0 Å². The van der Waals surface area contributed by atoms with E-state index >= 15 is 0 Å². The van der Waals surface area contributed by atoms with Crippen LogP contribution in [0.1, 0.15) is 43.2 Å². The average molecular weight is 797 g/mol. The van der Waals surface area contributed by atoms with Crippen molar-refractivity contribution in [3.8, 4) is 44.8 Å². The molecule has 6 heterocycles. The summed E-state index contributed by atoms with van der Waals surface area (Å²) in [6.07, 6.45) is 7.22. The number of carbonyl (C=O) groups is 2. The van der Waals surface area contributed by atoms with Crippen molar-refractivity contribution in [3.05, 3.63) is 191 Å². The van der Waals surface area contributed by atoms with Gasteiger partial charge < -0.3 is 0 Å². The monoisotopic (exact) mass is 796 g/mol. The number of aromatic nitrogens is 6. The zero-order valence-electron chi connectivity index (χ0n) is 32.8. The Morgan fingerprint density at radius 3 is 1.63 bits per heavy atom. The standard InChI is InChI=1S/C24H17FN4O2.C24H21FN4/c1-28-14-19(21(27-28)16-7-9-17(25)10-8-16)18-11-12-26-22-20(18)23(30)29(24(22)31)13-15-5-3-2-4-6-15;1-28-14-22(24(27-28)18-7-9-19(25)10-8-18)20-11-12-26-23-16-29(15-21(20)23)13-17-5-3-2-4-6-17/h2-12,14H,13H2,1H3;2-12,14H,13,15-16H2,1H3. The number of hydrogen-bond donors (Lipinski definition) is 0. The molecule has 0 fully saturated rings. The Morgan fingerprint density at radius 2 is 1.05 bits per heavy atom. The number of imide groups is 1.